The maximum atomic E-state index is 3.86. The molecule has 0 saturated heterocycles. The summed E-state index contributed by atoms with van der Waals surface area (Å²) in [6, 6.07) is 75.6. The molecule has 1 aliphatic carbocycles. The van der Waals surface area contributed by atoms with Gasteiger partial charge in [0.25, 0.3) is 0 Å². The van der Waals surface area contributed by atoms with Crippen molar-refractivity contribution in [1.29, 1.82) is 0 Å². The lowest BCUT2D eigenvalue weighted by atomic mass is 9.73. The van der Waals surface area contributed by atoms with Gasteiger partial charge in [-0.15, -0.1) is 0 Å². The van der Waals surface area contributed by atoms with E-state index in [1.54, 1.807) is 0 Å². The van der Waals surface area contributed by atoms with Crippen LogP contribution in [0.4, 0.5) is 17.1 Å². The Hall–Kier alpha value is -6.88. The predicted molar refractivity (Wildman–Crippen MR) is 217 cm³/mol. The minimum absolute atomic E-state index is 0.656. The lowest BCUT2D eigenvalue weighted by Gasteiger charge is -2.30. The monoisotopic (exact) mass is 661 g/mol. The summed E-state index contributed by atoms with van der Waals surface area (Å²) in [6.45, 7) is 0. The largest absolute Gasteiger partial charge is 0.310 e. The van der Waals surface area contributed by atoms with Crippen molar-refractivity contribution >= 4 is 17.1 Å². The predicted octanol–water partition coefficient (Wildman–Crippen LogP) is 12.9. The minimum Gasteiger partial charge on any atom is -0.310 e. The summed E-state index contributed by atoms with van der Waals surface area (Å²) >= 11 is 0. The fourth-order valence-electron chi connectivity index (χ4n) is 7.68. The Morgan fingerprint density at radius 2 is 0.846 bits per heavy atom. The van der Waals surface area contributed by atoms with Gasteiger partial charge in [-0.2, -0.15) is 0 Å². The molecule has 0 aromatic heterocycles. The van der Waals surface area contributed by atoms with Crippen LogP contribution in [0.5, 0.6) is 0 Å². The Morgan fingerprint density at radius 3 is 1.50 bits per heavy atom. The molecule has 1 nitrogen and oxygen atoms in total. The zero-order valence-corrected chi connectivity index (χ0v) is 28.7. The third-order valence-corrected chi connectivity index (χ3v) is 10.1. The van der Waals surface area contributed by atoms with E-state index in [0.29, 0.717) is 0 Å². The summed E-state index contributed by atoms with van der Waals surface area (Å²) in [6.07, 6.45) is 0. The highest BCUT2D eigenvalue weighted by Crippen LogP contribution is 2.56. The molecule has 0 spiro atoms. The summed E-state index contributed by atoms with van der Waals surface area (Å²) in [5.74, 6) is 7.45. The molecule has 1 unspecified atom stereocenters. The number of hydrogen-bond donors (Lipinski definition) is 0. The van der Waals surface area contributed by atoms with Crippen LogP contribution in [0.1, 0.15) is 22.3 Å². The fourth-order valence-corrected chi connectivity index (χ4v) is 7.68. The Balaban J connectivity index is 1.20. The fraction of sp³-hybridized carbons (Fsp3) is 0.0196. The number of hydrogen-bond acceptors (Lipinski definition) is 1. The van der Waals surface area contributed by atoms with Gasteiger partial charge < -0.3 is 4.90 Å². The average molecular weight is 662 g/mol. The van der Waals surface area contributed by atoms with Crippen molar-refractivity contribution in [3.63, 3.8) is 0 Å². The smallest absolute Gasteiger partial charge is 0.108 e. The number of para-hydroxylation sites is 1. The van der Waals surface area contributed by atoms with Gasteiger partial charge in [0, 0.05) is 22.5 Å². The highest BCUT2D eigenvalue weighted by atomic mass is 15.1. The van der Waals surface area contributed by atoms with E-state index in [1.807, 2.05) is 6.07 Å². The van der Waals surface area contributed by atoms with Crippen LogP contribution in [0.25, 0.3) is 33.4 Å². The molecule has 0 radical (unpaired) electrons. The second-order valence-electron chi connectivity index (χ2n) is 13.1. The van der Waals surface area contributed by atoms with Crippen LogP contribution >= 0.6 is 0 Å². The van der Waals surface area contributed by atoms with Crippen molar-refractivity contribution in [3.05, 3.63) is 235 Å². The summed E-state index contributed by atoms with van der Waals surface area (Å²) in [7, 11) is 0. The molecule has 52 heavy (non-hydrogen) atoms. The summed E-state index contributed by atoms with van der Waals surface area (Å²) in [5.41, 5.74) is 14.4. The quantitative estimate of drug-likeness (QED) is 0.160. The Kier molecular flexibility index (Phi) is 8.05. The highest BCUT2D eigenvalue weighted by molar-refractivity contribution is 5.97. The van der Waals surface area contributed by atoms with Crippen LogP contribution in [-0.4, -0.2) is 0 Å². The summed E-state index contributed by atoms with van der Waals surface area (Å²) < 4.78 is 0. The van der Waals surface area contributed by atoms with Crippen molar-refractivity contribution in [1.82, 2.24) is 0 Å². The average Bonchev–Trinajstić information content (AvgIpc) is 3.53. The Morgan fingerprint density at radius 1 is 0.365 bits per heavy atom. The maximum absolute atomic E-state index is 3.86. The van der Waals surface area contributed by atoms with Crippen molar-refractivity contribution in [2.45, 2.75) is 5.41 Å². The second-order valence-corrected chi connectivity index (χ2v) is 13.1. The van der Waals surface area contributed by atoms with Gasteiger partial charge in [-0.25, -0.2) is 0 Å². The van der Waals surface area contributed by atoms with Gasteiger partial charge in [0.15, 0.2) is 0 Å². The molecule has 1 heteroatoms. The number of fused-ring (bicyclic) bond motifs is 3. The Bertz CT molecular complexity index is 2530. The molecule has 0 saturated carbocycles. The lowest BCUT2D eigenvalue weighted by Crippen LogP contribution is -2.25. The van der Waals surface area contributed by atoms with E-state index >= 15 is 0 Å². The SMILES string of the molecule is C(#CC1(c2ccccc2)c2ccccc2-c2c(N(c3ccccc3)c3ccc(-c4ccc(-c5ccccc5)cc4)cc3)cccc21)c1ccccc1. The van der Waals surface area contributed by atoms with Crippen molar-refractivity contribution in [2.24, 2.45) is 0 Å². The molecule has 8 aromatic carbocycles. The lowest BCUT2D eigenvalue weighted by molar-refractivity contribution is 0.837. The van der Waals surface area contributed by atoms with Crippen molar-refractivity contribution in [3.8, 4) is 45.2 Å². The third kappa shape index (κ3) is 5.48. The van der Waals surface area contributed by atoms with Gasteiger partial charge in [-0.3, -0.25) is 0 Å². The first kappa shape index (κ1) is 31.1. The molecule has 8 aromatic rings. The van der Waals surface area contributed by atoms with E-state index in [2.05, 4.69) is 223 Å². The van der Waals surface area contributed by atoms with Gasteiger partial charge in [0.05, 0.1) is 5.69 Å². The van der Waals surface area contributed by atoms with Crippen LogP contribution in [0, 0.1) is 11.8 Å². The van der Waals surface area contributed by atoms with Crippen LogP contribution in [0.15, 0.2) is 212 Å². The maximum Gasteiger partial charge on any atom is 0.108 e. The van der Waals surface area contributed by atoms with E-state index in [-0.39, 0.29) is 0 Å². The van der Waals surface area contributed by atoms with Crippen LogP contribution in [-0.2, 0) is 5.41 Å². The van der Waals surface area contributed by atoms with Gasteiger partial charge in [-0.05, 0) is 87.0 Å². The molecule has 0 N–H and O–H groups in total. The number of benzene rings is 8. The number of nitrogens with zero attached hydrogens (tertiary/aromatic N) is 1. The van der Waals surface area contributed by atoms with E-state index < -0.39 is 5.41 Å². The van der Waals surface area contributed by atoms with E-state index in [1.165, 1.54) is 44.5 Å². The van der Waals surface area contributed by atoms with Crippen molar-refractivity contribution < 1.29 is 0 Å². The molecule has 244 valence electrons. The van der Waals surface area contributed by atoms with E-state index in [0.717, 1.165) is 28.2 Å². The minimum atomic E-state index is -0.656. The molecule has 0 fully saturated rings. The Labute approximate surface area is 306 Å². The van der Waals surface area contributed by atoms with Crippen LogP contribution in [0.3, 0.4) is 0 Å². The molecule has 1 aliphatic rings. The first-order valence-electron chi connectivity index (χ1n) is 17.8. The van der Waals surface area contributed by atoms with Gasteiger partial charge in [0.2, 0.25) is 0 Å². The molecular weight excluding hydrogens is 627 g/mol. The third-order valence-electron chi connectivity index (χ3n) is 10.1. The molecule has 0 aliphatic heterocycles. The first-order valence-corrected chi connectivity index (χ1v) is 17.8. The first-order chi connectivity index (χ1) is 25.8. The number of rotatable bonds is 6. The van der Waals surface area contributed by atoms with E-state index in [4.69, 9.17) is 0 Å². The normalized spacial score (nSPS) is 14.1. The topological polar surface area (TPSA) is 3.24 Å². The molecule has 0 bridgehead atoms. The molecule has 9 rings (SSSR count). The molecule has 0 amide bonds. The zero-order chi connectivity index (χ0) is 34.7. The van der Waals surface area contributed by atoms with Crippen molar-refractivity contribution in [2.75, 3.05) is 4.90 Å². The number of anilines is 3. The van der Waals surface area contributed by atoms with Gasteiger partial charge in [0.1, 0.15) is 5.41 Å². The molecule has 1 atom stereocenters. The second kappa shape index (κ2) is 13.4. The van der Waals surface area contributed by atoms with Gasteiger partial charge >= 0.3 is 0 Å². The van der Waals surface area contributed by atoms with Crippen LogP contribution in [0.2, 0.25) is 0 Å². The summed E-state index contributed by atoms with van der Waals surface area (Å²) in [4.78, 5) is 2.39. The summed E-state index contributed by atoms with van der Waals surface area (Å²) in [5, 5.41) is 0. The standard InChI is InChI=1S/C51H35N/c1-5-16-38(17-6-1)36-37-51(43-20-9-3-10-21-43)47-25-14-13-24-46(47)50-48(51)26-15-27-49(50)52(44-22-11-4-12-23-44)45-34-32-42(33-35-45)41-30-28-40(29-31-41)39-18-7-2-8-19-39/h1-35H. The van der Waals surface area contributed by atoms with Gasteiger partial charge in [-0.1, -0.05) is 182 Å². The molecule has 0 heterocycles. The van der Waals surface area contributed by atoms with E-state index in [9.17, 15) is 0 Å². The zero-order valence-electron chi connectivity index (χ0n) is 28.7. The highest BCUT2D eigenvalue weighted by Gasteiger charge is 2.45. The molecular formula is C51H35N. The van der Waals surface area contributed by atoms with Crippen LogP contribution < -0.4 is 4.90 Å².